The molecule has 0 aliphatic heterocycles. The van der Waals surface area contributed by atoms with Crippen LogP contribution in [-0.4, -0.2) is 50.5 Å². The van der Waals surface area contributed by atoms with Gasteiger partial charge in [-0.25, -0.2) is 4.79 Å². The topological polar surface area (TPSA) is 128 Å². The number of aromatic nitrogens is 3. The molecule has 0 aromatic carbocycles. The zero-order valence-corrected chi connectivity index (χ0v) is 15.2. The number of alkyl carbamates (subject to hydrolysis) is 1. The fraction of sp³-hybridized carbons (Fsp3) is 0.467. The third-order valence-corrected chi connectivity index (χ3v) is 3.72. The Hall–Kier alpha value is -2.66. The number of H-pyrrole nitrogens is 1. The van der Waals surface area contributed by atoms with Crippen LogP contribution in [0.15, 0.2) is 17.1 Å². The standard InChI is InChI=1S/C15H20N4O6S/c1-9(2)24-6-5-19-10-3-4-18(12(10)13(22)17-14(19)26)8-25-15(23)16-7-11(20)21/h3-4,9H,5-8H2,1-2H3,(H,16,23)(H,20,21)(H,17,22,26). The van der Waals surface area contributed by atoms with E-state index in [1.807, 2.05) is 13.8 Å². The summed E-state index contributed by atoms with van der Waals surface area (Å²) in [6.07, 6.45) is 0.757. The number of rotatable bonds is 8. The van der Waals surface area contributed by atoms with Crippen LogP contribution in [0.4, 0.5) is 4.79 Å². The third kappa shape index (κ3) is 4.92. The monoisotopic (exact) mass is 384 g/mol. The number of ether oxygens (including phenoxy) is 2. The van der Waals surface area contributed by atoms with Crippen LogP contribution in [0.2, 0.25) is 0 Å². The summed E-state index contributed by atoms with van der Waals surface area (Å²) in [6, 6.07) is 1.69. The molecule has 0 saturated heterocycles. The number of carboxylic acid groups (broad SMARTS) is 1. The van der Waals surface area contributed by atoms with Gasteiger partial charge in [-0.15, -0.1) is 0 Å². The molecule has 10 nitrogen and oxygen atoms in total. The summed E-state index contributed by atoms with van der Waals surface area (Å²) in [5, 5.41) is 10.6. The molecule has 142 valence electrons. The molecule has 1 amide bonds. The Labute approximate surface area is 153 Å². The summed E-state index contributed by atoms with van der Waals surface area (Å²) in [4.78, 5) is 36.7. The van der Waals surface area contributed by atoms with Crippen molar-refractivity contribution in [1.82, 2.24) is 19.4 Å². The Bertz CT molecular complexity index is 913. The smallest absolute Gasteiger partial charge is 0.409 e. The number of hydrogen-bond acceptors (Lipinski definition) is 6. The number of carbonyl (C=O) groups is 2. The lowest BCUT2D eigenvalue weighted by Gasteiger charge is -2.12. The van der Waals surface area contributed by atoms with Crippen molar-refractivity contribution in [3.05, 3.63) is 27.4 Å². The quantitative estimate of drug-likeness (QED) is 0.581. The molecule has 0 atom stereocenters. The zero-order valence-electron chi connectivity index (χ0n) is 14.4. The molecule has 0 unspecified atom stereocenters. The van der Waals surface area contributed by atoms with E-state index < -0.39 is 24.2 Å². The van der Waals surface area contributed by atoms with Gasteiger partial charge in [-0.05, 0) is 32.1 Å². The molecule has 2 rings (SSSR count). The maximum Gasteiger partial charge on any atom is 0.409 e. The highest BCUT2D eigenvalue weighted by Gasteiger charge is 2.12. The fourth-order valence-corrected chi connectivity index (χ4v) is 2.58. The second-order valence-corrected chi connectivity index (χ2v) is 6.04. The van der Waals surface area contributed by atoms with E-state index in [-0.39, 0.29) is 23.1 Å². The molecule has 0 fully saturated rings. The number of aliphatic carboxylic acids is 1. The van der Waals surface area contributed by atoms with E-state index in [0.717, 1.165) is 0 Å². The molecule has 0 saturated carbocycles. The van der Waals surface area contributed by atoms with E-state index in [0.29, 0.717) is 18.7 Å². The highest BCUT2D eigenvalue weighted by molar-refractivity contribution is 7.71. The molecule has 2 aromatic heterocycles. The number of amides is 1. The molecule has 11 heteroatoms. The number of fused-ring (bicyclic) bond motifs is 1. The zero-order chi connectivity index (χ0) is 19.3. The van der Waals surface area contributed by atoms with Gasteiger partial charge in [-0.2, -0.15) is 0 Å². The SMILES string of the molecule is CC(C)OCCn1c(=S)[nH]c(=O)c2c1ccn2COC(=O)NCC(=O)O. The summed E-state index contributed by atoms with van der Waals surface area (Å²) < 4.78 is 13.9. The normalized spacial score (nSPS) is 11.0. The van der Waals surface area contributed by atoms with Crippen LogP contribution < -0.4 is 10.9 Å². The second kappa shape index (κ2) is 8.63. The number of carboxylic acids is 1. The molecule has 26 heavy (non-hydrogen) atoms. The van der Waals surface area contributed by atoms with Gasteiger partial charge in [0, 0.05) is 12.7 Å². The van der Waals surface area contributed by atoms with Crippen LogP contribution in [0.25, 0.3) is 11.0 Å². The van der Waals surface area contributed by atoms with Crippen molar-refractivity contribution in [3.63, 3.8) is 0 Å². The Morgan fingerprint density at radius 3 is 2.81 bits per heavy atom. The number of hydrogen-bond donors (Lipinski definition) is 3. The maximum absolute atomic E-state index is 12.3. The average molecular weight is 384 g/mol. The molecule has 0 aliphatic rings. The van der Waals surface area contributed by atoms with Crippen molar-refractivity contribution < 1.29 is 24.2 Å². The predicted octanol–water partition coefficient (Wildman–Crippen LogP) is 1.05. The first kappa shape index (κ1) is 19.7. The third-order valence-electron chi connectivity index (χ3n) is 3.40. The van der Waals surface area contributed by atoms with Gasteiger partial charge in [0.15, 0.2) is 11.5 Å². The highest BCUT2D eigenvalue weighted by atomic mass is 32.1. The summed E-state index contributed by atoms with van der Waals surface area (Å²) in [6.45, 7) is 3.91. The second-order valence-electron chi connectivity index (χ2n) is 5.66. The number of aromatic amines is 1. The number of carbonyl (C=O) groups excluding carboxylic acids is 1. The van der Waals surface area contributed by atoms with E-state index in [1.165, 1.54) is 4.57 Å². The van der Waals surface area contributed by atoms with E-state index in [4.69, 9.17) is 26.8 Å². The first-order chi connectivity index (χ1) is 12.3. The molecule has 0 bridgehead atoms. The van der Waals surface area contributed by atoms with Crippen LogP contribution in [0.5, 0.6) is 0 Å². The highest BCUT2D eigenvalue weighted by Crippen LogP contribution is 2.12. The molecule has 2 aromatic rings. The van der Waals surface area contributed by atoms with Crippen LogP contribution in [0, 0.1) is 4.77 Å². The number of nitrogens with zero attached hydrogens (tertiary/aromatic N) is 2. The Balaban J connectivity index is 2.19. The molecular weight excluding hydrogens is 364 g/mol. The van der Waals surface area contributed by atoms with Crippen molar-refractivity contribution in [2.45, 2.75) is 33.2 Å². The lowest BCUT2D eigenvalue weighted by Crippen LogP contribution is -2.30. The molecular formula is C15H20N4O6S. The molecule has 0 spiro atoms. The summed E-state index contributed by atoms with van der Waals surface area (Å²) >= 11 is 5.21. The van der Waals surface area contributed by atoms with Gasteiger partial charge >= 0.3 is 12.1 Å². The molecule has 2 heterocycles. The molecule has 0 radical (unpaired) electrons. The first-order valence-electron chi connectivity index (χ1n) is 7.85. The van der Waals surface area contributed by atoms with Crippen molar-refractivity contribution in [2.24, 2.45) is 0 Å². The van der Waals surface area contributed by atoms with Crippen molar-refractivity contribution in [3.8, 4) is 0 Å². The van der Waals surface area contributed by atoms with Gasteiger partial charge in [-0.1, -0.05) is 0 Å². The van der Waals surface area contributed by atoms with E-state index in [9.17, 15) is 14.4 Å². The van der Waals surface area contributed by atoms with E-state index in [1.54, 1.807) is 16.8 Å². The van der Waals surface area contributed by atoms with Crippen LogP contribution >= 0.6 is 12.2 Å². The van der Waals surface area contributed by atoms with Crippen LogP contribution in [0.1, 0.15) is 13.8 Å². The minimum absolute atomic E-state index is 0.0738. The van der Waals surface area contributed by atoms with E-state index in [2.05, 4.69) is 10.3 Å². The largest absolute Gasteiger partial charge is 0.480 e. The molecule has 0 aliphatic carbocycles. The predicted molar refractivity (Wildman–Crippen MR) is 94.6 cm³/mol. The number of nitrogens with one attached hydrogen (secondary N) is 2. The van der Waals surface area contributed by atoms with Crippen molar-refractivity contribution in [1.29, 1.82) is 0 Å². The minimum Gasteiger partial charge on any atom is -0.480 e. The van der Waals surface area contributed by atoms with Gasteiger partial charge in [0.2, 0.25) is 0 Å². The van der Waals surface area contributed by atoms with Gasteiger partial charge in [0.05, 0.1) is 18.2 Å². The van der Waals surface area contributed by atoms with Gasteiger partial charge in [-0.3, -0.25) is 14.6 Å². The average Bonchev–Trinajstić information content (AvgIpc) is 2.98. The van der Waals surface area contributed by atoms with Gasteiger partial charge in [0.25, 0.3) is 5.56 Å². The Kier molecular flexibility index (Phi) is 6.52. The molecule has 3 N–H and O–H groups in total. The first-order valence-corrected chi connectivity index (χ1v) is 8.26. The van der Waals surface area contributed by atoms with Crippen LogP contribution in [0.3, 0.4) is 0 Å². The van der Waals surface area contributed by atoms with Gasteiger partial charge < -0.3 is 29.0 Å². The van der Waals surface area contributed by atoms with Crippen molar-refractivity contribution in [2.75, 3.05) is 13.2 Å². The maximum atomic E-state index is 12.3. The lowest BCUT2D eigenvalue weighted by atomic mass is 10.4. The summed E-state index contributed by atoms with van der Waals surface area (Å²) in [5.41, 5.74) is 0.459. The fourth-order valence-electron chi connectivity index (χ4n) is 2.30. The lowest BCUT2D eigenvalue weighted by molar-refractivity contribution is -0.135. The van der Waals surface area contributed by atoms with Crippen LogP contribution in [-0.2, 0) is 27.5 Å². The van der Waals surface area contributed by atoms with Gasteiger partial charge in [0.1, 0.15) is 12.1 Å². The van der Waals surface area contributed by atoms with E-state index >= 15 is 0 Å². The summed E-state index contributed by atoms with van der Waals surface area (Å²) in [5.74, 6) is -1.19. The Morgan fingerprint density at radius 2 is 2.15 bits per heavy atom. The van der Waals surface area contributed by atoms with Crippen molar-refractivity contribution >= 4 is 35.3 Å². The minimum atomic E-state index is -1.19. The Morgan fingerprint density at radius 1 is 1.42 bits per heavy atom. The summed E-state index contributed by atoms with van der Waals surface area (Å²) in [7, 11) is 0.